The number of piperidine rings is 1. The van der Waals surface area contributed by atoms with Gasteiger partial charge in [0, 0.05) is 50.2 Å². The second-order valence-corrected chi connectivity index (χ2v) is 7.86. The van der Waals surface area contributed by atoms with Crippen LogP contribution in [0.1, 0.15) is 23.6 Å². The largest absolute Gasteiger partial charge is 0.344 e. The van der Waals surface area contributed by atoms with Gasteiger partial charge in [-0.1, -0.05) is 42.5 Å². The van der Waals surface area contributed by atoms with Crippen LogP contribution in [0, 0.1) is 5.92 Å². The molecule has 1 aromatic carbocycles. The highest BCUT2D eigenvalue weighted by Gasteiger charge is 2.34. The van der Waals surface area contributed by atoms with Crippen molar-refractivity contribution in [1.29, 1.82) is 0 Å². The minimum Gasteiger partial charge on any atom is -0.344 e. The van der Waals surface area contributed by atoms with Crippen molar-refractivity contribution in [3.8, 4) is 11.4 Å². The number of nitrogens with one attached hydrogen (secondary N) is 1. The third-order valence-electron chi connectivity index (χ3n) is 5.91. The quantitative estimate of drug-likeness (QED) is 0.764. The van der Waals surface area contributed by atoms with Crippen LogP contribution < -0.4 is 5.56 Å². The van der Waals surface area contributed by atoms with Crippen LogP contribution >= 0.6 is 0 Å². The molecule has 1 N–H and O–H groups in total. The Morgan fingerprint density at radius 2 is 2.00 bits per heavy atom. The SMILES string of the molecule is O=c1c(-c2ncc[nH]2)ccc2n1C[C@H]1C[C@@H]2CN(C/C=C/c2ccccc2)C1. The molecule has 0 unspecified atom stereocenters. The summed E-state index contributed by atoms with van der Waals surface area (Å²) >= 11 is 0. The van der Waals surface area contributed by atoms with E-state index in [-0.39, 0.29) is 5.56 Å². The number of nitrogens with zero attached hydrogens (tertiary/aromatic N) is 3. The van der Waals surface area contributed by atoms with E-state index in [1.165, 1.54) is 17.7 Å². The van der Waals surface area contributed by atoms with Crippen LogP contribution in [0.15, 0.2) is 65.7 Å². The fraction of sp³-hybridized carbons (Fsp3) is 0.304. The fourth-order valence-electron chi connectivity index (χ4n) is 4.69. The maximum absolute atomic E-state index is 13.0. The molecule has 1 fully saturated rings. The maximum Gasteiger partial charge on any atom is 0.261 e. The van der Waals surface area contributed by atoms with E-state index in [4.69, 9.17) is 0 Å². The van der Waals surface area contributed by atoms with Crippen LogP contribution in [0.2, 0.25) is 0 Å². The van der Waals surface area contributed by atoms with Gasteiger partial charge in [-0.25, -0.2) is 4.98 Å². The van der Waals surface area contributed by atoms with E-state index in [1.807, 2.05) is 16.7 Å². The molecule has 4 heterocycles. The van der Waals surface area contributed by atoms with Crippen LogP contribution in [-0.2, 0) is 6.54 Å². The van der Waals surface area contributed by atoms with E-state index in [9.17, 15) is 4.79 Å². The van der Waals surface area contributed by atoms with Gasteiger partial charge in [-0.3, -0.25) is 9.69 Å². The van der Waals surface area contributed by atoms with E-state index in [0.29, 0.717) is 23.2 Å². The number of likely N-dealkylation sites (tertiary alicyclic amines) is 1. The van der Waals surface area contributed by atoms with E-state index >= 15 is 0 Å². The lowest BCUT2D eigenvalue weighted by Gasteiger charge is -2.42. The number of fused-ring (bicyclic) bond motifs is 4. The lowest BCUT2D eigenvalue weighted by atomic mass is 9.83. The first-order chi connectivity index (χ1) is 13.8. The molecule has 2 aromatic heterocycles. The number of hydrogen-bond donors (Lipinski definition) is 1. The molecule has 0 spiro atoms. The summed E-state index contributed by atoms with van der Waals surface area (Å²) in [6, 6.07) is 14.5. The zero-order valence-corrected chi connectivity index (χ0v) is 15.8. The number of benzene rings is 1. The molecule has 2 bridgehead atoms. The predicted molar refractivity (Wildman–Crippen MR) is 111 cm³/mol. The average Bonchev–Trinajstić information content (AvgIpc) is 3.24. The van der Waals surface area contributed by atoms with Gasteiger partial charge in [-0.15, -0.1) is 0 Å². The van der Waals surface area contributed by atoms with E-state index in [0.717, 1.165) is 26.2 Å². The number of aromatic amines is 1. The zero-order chi connectivity index (χ0) is 18.9. The Kier molecular flexibility index (Phi) is 4.45. The van der Waals surface area contributed by atoms with Crippen molar-refractivity contribution in [3.05, 3.63) is 82.5 Å². The molecule has 1 saturated heterocycles. The Morgan fingerprint density at radius 3 is 2.82 bits per heavy atom. The van der Waals surface area contributed by atoms with Crippen LogP contribution in [0.4, 0.5) is 0 Å². The molecule has 2 aliphatic rings. The van der Waals surface area contributed by atoms with Crippen molar-refractivity contribution >= 4 is 6.08 Å². The third kappa shape index (κ3) is 3.22. The van der Waals surface area contributed by atoms with Gasteiger partial charge in [-0.05, 0) is 30.0 Å². The first-order valence-electron chi connectivity index (χ1n) is 9.95. The number of H-pyrrole nitrogens is 1. The molecule has 0 radical (unpaired) electrons. The molecule has 2 atom stereocenters. The van der Waals surface area contributed by atoms with Gasteiger partial charge in [0.25, 0.3) is 5.56 Å². The van der Waals surface area contributed by atoms with Crippen molar-refractivity contribution in [2.75, 3.05) is 19.6 Å². The first kappa shape index (κ1) is 17.2. The number of pyridine rings is 1. The predicted octanol–water partition coefficient (Wildman–Crippen LogP) is 3.37. The van der Waals surface area contributed by atoms with Gasteiger partial charge in [0.1, 0.15) is 5.82 Å². The standard InChI is InChI=1S/C23H24N4O/c28-23-20(22-24-10-11-25-22)8-9-21-19-13-18(15-27(21)23)14-26(16-19)12-4-7-17-5-2-1-3-6-17/h1-11,18-19H,12-16H2,(H,24,25)/b7-4+/t18-,19+/m0/s1. The first-order valence-corrected chi connectivity index (χ1v) is 9.95. The maximum atomic E-state index is 13.0. The summed E-state index contributed by atoms with van der Waals surface area (Å²) in [5.41, 5.74) is 3.16. The Balaban J connectivity index is 1.35. The van der Waals surface area contributed by atoms with Gasteiger partial charge in [0.15, 0.2) is 0 Å². The molecule has 0 aliphatic carbocycles. The van der Waals surface area contributed by atoms with E-state index in [1.54, 1.807) is 12.4 Å². The van der Waals surface area contributed by atoms with Crippen LogP contribution in [0.5, 0.6) is 0 Å². The van der Waals surface area contributed by atoms with Gasteiger partial charge in [-0.2, -0.15) is 0 Å². The number of rotatable bonds is 4. The van der Waals surface area contributed by atoms with Crippen molar-refractivity contribution in [2.45, 2.75) is 18.9 Å². The summed E-state index contributed by atoms with van der Waals surface area (Å²) in [4.78, 5) is 22.9. The molecular weight excluding hydrogens is 348 g/mol. The van der Waals surface area contributed by atoms with Crippen LogP contribution in [-0.4, -0.2) is 39.1 Å². The number of imidazole rings is 1. The lowest BCUT2D eigenvalue weighted by molar-refractivity contribution is 0.132. The van der Waals surface area contributed by atoms with Gasteiger partial charge in [0.05, 0.1) is 5.56 Å². The Morgan fingerprint density at radius 1 is 1.11 bits per heavy atom. The highest BCUT2D eigenvalue weighted by Crippen LogP contribution is 2.35. The average molecular weight is 372 g/mol. The lowest BCUT2D eigenvalue weighted by Crippen LogP contribution is -2.47. The molecule has 28 heavy (non-hydrogen) atoms. The summed E-state index contributed by atoms with van der Waals surface area (Å²) in [5.74, 6) is 1.61. The summed E-state index contributed by atoms with van der Waals surface area (Å²) in [6.45, 7) is 3.82. The summed E-state index contributed by atoms with van der Waals surface area (Å²) < 4.78 is 1.99. The summed E-state index contributed by atoms with van der Waals surface area (Å²) in [7, 11) is 0. The van der Waals surface area contributed by atoms with Gasteiger partial charge >= 0.3 is 0 Å². The fourth-order valence-corrected chi connectivity index (χ4v) is 4.69. The van der Waals surface area contributed by atoms with Crippen molar-refractivity contribution in [2.24, 2.45) is 5.92 Å². The molecule has 142 valence electrons. The zero-order valence-electron chi connectivity index (χ0n) is 15.8. The van der Waals surface area contributed by atoms with Crippen LogP contribution in [0.3, 0.4) is 0 Å². The topological polar surface area (TPSA) is 53.9 Å². The minimum atomic E-state index is 0.0829. The number of hydrogen-bond acceptors (Lipinski definition) is 3. The molecule has 5 heteroatoms. The second-order valence-electron chi connectivity index (χ2n) is 7.86. The van der Waals surface area contributed by atoms with E-state index in [2.05, 4.69) is 57.4 Å². The Hall–Kier alpha value is -2.92. The normalized spacial score (nSPS) is 21.7. The molecule has 0 saturated carbocycles. The highest BCUT2D eigenvalue weighted by molar-refractivity contribution is 5.54. The van der Waals surface area contributed by atoms with E-state index < -0.39 is 0 Å². The molecule has 2 aliphatic heterocycles. The third-order valence-corrected chi connectivity index (χ3v) is 5.91. The van der Waals surface area contributed by atoms with Crippen molar-refractivity contribution < 1.29 is 0 Å². The van der Waals surface area contributed by atoms with Crippen LogP contribution in [0.25, 0.3) is 17.5 Å². The molecule has 5 nitrogen and oxygen atoms in total. The summed E-state index contributed by atoms with van der Waals surface area (Å²) in [5, 5.41) is 0. The molecule has 0 amide bonds. The second kappa shape index (κ2) is 7.24. The smallest absolute Gasteiger partial charge is 0.261 e. The monoisotopic (exact) mass is 372 g/mol. The van der Waals surface area contributed by atoms with Crippen molar-refractivity contribution in [1.82, 2.24) is 19.4 Å². The minimum absolute atomic E-state index is 0.0829. The van der Waals surface area contributed by atoms with Crippen molar-refractivity contribution in [3.63, 3.8) is 0 Å². The Labute approximate surface area is 164 Å². The summed E-state index contributed by atoms with van der Waals surface area (Å²) in [6.07, 6.45) is 9.07. The van der Waals surface area contributed by atoms with Gasteiger partial charge in [0.2, 0.25) is 0 Å². The molecular formula is C23H24N4O. The number of aromatic nitrogens is 3. The highest BCUT2D eigenvalue weighted by atomic mass is 16.1. The molecule has 5 rings (SSSR count). The Bertz CT molecular complexity index is 1040. The molecule has 3 aromatic rings. The van der Waals surface area contributed by atoms with Gasteiger partial charge < -0.3 is 9.55 Å².